The lowest BCUT2D eigenvalue weighted by Gasteiger charge is -2.09. The zero-order valence-corrected chi connectivity index (χ0v) is 17.6. The molecule has 0 aliphatic heterocycles. The fourth-order valence-electron chi connectivity index (χ4n) is 2.69. The molecular weight excluding hydrogens is 413 g/mol. The number of benzene rings is 2. The zero-order chi connectivity index (χ0) is 21.1. The van der Waals surface area contributed by atoms with Crippen molar-refractivity contribution in [3.05, 3.63) is 69.0 Å². The minimum Gasteiger partial charge on any atom is -0.323 e. The number of aryl methyl sites for hydroxylation is 1. The number of rotatable bonds is 5. The number of halogens is 2. The summed E-state index contributed by atoms with van der Waals surface area (Å²) in [6.07, 6.45) is 0. The van der Waals surface area contributed by atoms with Crippen LogP contribution < -0.4 is 10.6 Å². The van der Waals surface area contributed by atoms with Crippen LogP contribution in [-0.2, 0) is 11.3 Å². The van der Waals surface area contributed by atoms with Gasteiger partial charge in [0.05, 0.1) is 16.4 Å². The summed E-state index contributed by atoms with van der Waals surface area (Å²) in [5.41, 5.74) is 3.43. The number of hydrogen-bond donors (Lipinski definition) is 2. The van der Waals surface area contributed by atoms with Crippen LogP contribution in [0, 0.1) is 20.8 Å². The number of carbonyl (C=O) groups excluding carboxylic acids is 2. The van der Waals surface area contributed by atoms with Gasteiger partial charge < -0.3 is 10.6 Å². The third-order valence-corrected chi connectivity index (χ3v) is 5.13. The Morgan fingerprint density at radius 3 is 2.48 bits per heavy atom. The molecule has 0 bridgehead atoms. The van der Waals surface area contributed by atoms with Crippen molar-refractivity contribution in [3.8, 4) is 0 Å². The molecule has 0 spiro atoms. The normalized spacial score (nSPS) is 10.7. The summed E-state index contributed by atoms with van der Waals surface area (Å²) in [6.45, 7) is 5.29. The molecule has 2 N–H and O–H groups in total. The van der Waals surface area contributed by atoms with Gasteiger partial charge in [0.15, 0.2) is 5.69 Å². The molecule has 2 amide bonds. The maximum Gasteiger partial charge on any atom is 0.278 e. The van der Waals surface area contributed by atoms with Crippen molar-refractivity contribution in [3.63, 3.8) is 0 Å². The van der Waals surface area contributed by atoms with Crippen molar-refractivity contribution in [1.29, 1.82) is 0 Å². The van der Waals surface area contributed by atoms with Crippen LogP contribution in [0.15, 0.2) is 36.4 Å². The van der Waals surface area contributed by atoms with Crippen molar-refractivity contribution in [2.45, 2.75) is 27.3 Å². The van der Waals surface area contributed by atoms with Gasteiger partial charge in [0, 0.05) is 10.7 Å². The average Bonchev–Trinajstić information content (AvgIpc) is 3.02. The molecule has 1 aromatic heterocycles. The largest absolute Gasteiger partial charge is 0.323 e. The van der Waals surface area contributed by atoms with Crippen LogP contribution in [-0.4, -0.2) is 26.8 Å². The maximum absolute atomic E-state index is 12.6. The van der Waals surface area contributed by atoms with E-state index in [2.05, 4.69) is 20.9 Å². The Morgan fingerprint density at radius 2 is 1.76 bits per heavy atom. The Kier molecular flexibility index (Phi) is 6.20. The summed E-state index contributed by atoms with van der Waals surface area (Å²) in [5.74, 6) is -0.762. The minimum absolute atomic E-state index is 0.105. The second-order valence-corrected chi connectivity index (χ2v) is 7.39. The molecule has 0 saturated heterocycles. The second kappa shape index (κ2) is 8.63. The van der Waals surface area contributed by atoms with Crippen molar-refractivity contribution < 1.29 is 9.59 Å². The first-order valence-electron chi connectivity index (χ1n) is 8.79. The average molecular weight is 432 g/mol. The highest BCUT2D eigenvalue weighted by Crippen LogP contribution is 2.24. The van der Waals surface area contributed by atoms with E-state index in [4.69, 9.17) is 23.2 Å². The van der Waals surface area contributed by atoms with Gasteiger partial charge in [0.2, 0.25) is 5.91 Å². The van der Waals surface area contributed by atoms with Crippen LogP contribution in [0.2, 0.25) is 10.0 Å². The van der Waals surface area contributed by atoms with Gasteiger partial charge in [-0.1, -0.05) is 40.5 Å². The predicted octanol–water partition coefficient (Wildman–Crippen LogP) is 4.40. The SMILES string of the molecule is Cc1ccc(NC(=O)Cn2nnc(C(=O)Nc3cccc(Cl)c3C)c2C)c(Cl)c1. The molecule has 0 atom stereocenters. The fraction of sp³-hybridized carbons (Fsp3) is 0.200. The van der Waals surface area contributed by atoms with Gasteiger partial charge in [0.25, 0.3) is 5.91 Å². The number of amides is 2. The Balaban J connectivity index is 1.70. The van der Waals surface area contributed by atoms with E-state index >= 15 is 0 Å². The molecule has 1 heterocycles. The highest BCUT2D eigenvalue weighted by molar-refractivity contribution is 6.33. The Hall–Kier alpha value is -2.90. The molecule has 150 valence electrons. The number of nitrogens with zero attached hydrogens (tertiary/aromatic N) is 3. The summed E-state index contributed by atoms with van der Waals surface area (Å²) < 4.78 is 1.36. The Labute approximate surface area is 178 Å². The van der Waals surface area contributed by atoms with Gasteiger partial charge in [-0.2, -0.15) is 0 Å². The van der Waals surface area contributed by atoms with E-state index < -0.39 is 5.91 Å². The molecule has 0 fully saturated rings. The Bertz CT molecular complexity index is 1090. The van der Waals surface area contributed by atoms with Gasteiger partial charge in [-0.25, -0.2) is 4.68 Å². The van der Waals surface area contributed by atoms with Gasteiger partial charge in [-0.3, -0.25) is 9.59 Å². The quantitative estimate of drug-likeness (QED) is 0.626. The van der Waals surface area contributed by atoms with Crippen LogP contribution in [0.5, 0.6) is 0 Å². The topological polar surface area (TPSA) is 88.9 Å². The van der Waals surface area contributed by atoms with Gasteiger partial charge >= 0.3 is 0 Å². The minimum atomic E-state index is -0.430. The number of nitrogens with one attached hydrogen (secondary N) is 2. The van der Waals surface area contributed by atoms with Gasteiger partial charge in [-0.05, 0) is 56.2 Å². The van der Waals surface area contributed by atoms with Crippen molar-refractivity contribution >= 4 is 46.4 Å². The first-order chi connectivity index (χ1) is 13.8. The van der Waals surface area contributed by atoms with Gasteiger partial charge in [-0.15, -0.1) is 5.10 Å². The predicted molar refractivity (Wildman–Crippen MR) is 114 cm³/mol. The molecule has 2 aromatic carbocycles. The Morgan fingerprint density at radius 1 is 1.00 bits per heavy atom. The highest BCUT2D eigenvalue weighted by Gasteiger charge is 2.19. The molecule has 29 heavy (non-hydrogen) atoms. The molecule has 0 saturated carbocycles. The number of hydrogen-bond acceptors (Lipinski definition) is 4. The lowest BCUT2D eigenvalue weighted by molar-refractivity contribution is -0.117. The van der Waals surface area contributed by atoms with E-state index in [1.54, 1.807) is 37.3 Å². The monoisotopic (exact) mass is 431 g/mol. The third kappa shape index (κ3) is 4.75. The third-order valence-electron chi connectivity index (χ3n) is 4.41. The first-order valence-corrected chi connectivity index (χ1v) is 9.54. The standard InChI is InChI=1S/C20H19Cl2N5O2/c1-11-7-8-17(15(22)9-11)23-18(28)10-27-13(3)19(25-26-27)20(29)24-16-6-4-5-14(21)12(16)2/h4-9H,10H2,1-3H3,(H,23,28)(H,24,29). The fourth-order valence-corrected chi connectivity index (χ4v) is 3.15. The van der Waals surface area contributed by atoms with E-state index in [1.165, 1.54) is 4.68 Å². The zero-order valence-electron chi connectivity index (χ0n) is 16.1. The maximum atomic E-state index is 12.6. The van der Waals surface area contributed by atoms with E-state index in [1.807, 2.05) is 19.9 Å². The highest BCUT2D eigenvalue weighted by atomic mass is 35.5. The summed E-state index contributed by atoms with van der Waals surface area (Å²) in [7, 11) is 0. The smallest absolute Gasteiger partial charge is 0.278 e. The summed E-state index contributed by atoms with van der Waals surface area (Å²) in [6, 6.07) is 10.6. The van der Waals surface area contributed by atoms with Crippen LogP contribution in [0.25, 0.3) is 0 Å². The number of anilines is 2. The summed E-state index contributed by atoms with van der Waals surface area (Å²) in [4.78, 5) is 24.9. The molecule has 7 nitrogen and oxygen atoms in total. The number of carbonyl (C=O) groups is 2. The van der Waals surface area contributed by atoms with Crippen molar-refractivity contribution in [1.82, 2.24) is 15.0 Å². The molecule has 0 unspecified atom stereocenters. The molecular formula is C20H19Cl2N5O2. The van der Waals surface area contributed by atoms with Gasteiger partial charge in [0.1, 0.15) is 6.54 Å². The lowest BCUT2D eigenvalue weighted by Crippen LogP contribution is -2.21. The molecule has 0 aliphatic rings. The first kappa shape index (κ1) is 20.8. The van der Waals surface area contributed by atoms with E-state index in [0.29, 0.717) is 27.1 Å². The van der Waals surface area contributed by atoms with Crippen LogP contribution in [0.4, 0.5) is 11.4 Å². The van der Waals surface area contributed by atoms with E-state index in [0.717, 1.165) is 11.1 Å². The summed E-state index contributed by atoms with van der Waals surface area (Å²) >= 11 is 12.2. The van der Waals surface area contributed by atoms with Crippen molar-refractivity contribution in [2.75, 3.05) is 10.6 Å². The molecule has 3 rings (SSSR count). The molecule has 0 radical (unpaired) electrons. The number of aromatic nitrogens is 3. The van der Waals surface area contributed by atoms with E-state index in [9.17, 15) is 9.59 Å². The van der Waals surface area contributed by atoms with Crippen LogP contribution >= 0.6 is 23.2 Å². The second-order valence-electron chi connectivity index (χ2n) is 6.58. The molecule has 9 heteroatoms. The van der Waals surface area contributed by atoms with E-state index in [-0.39, 0.29) is 18.1 Å². The van der Waals surface area contributed by atoms with Crippen molar-refractivity contribution in [2.24, 2.45) is 0 Å². The molecule has 3 aromatic rings. The lowest BCUT2D eigenvalue weighted by atomic mass is 10.2. The van der Waals surface area contributed by atoms with Crippen LogP contribution in [0.3, 0.4) is 0 Å². The van der Waals surface area contributed by atoms with Crippen LogP contribution in [0.1, 0.15) is 27.3 Å². The summed E-state index contributed by atoms with van der Waals surface area (Å²) in [5, 5.41) is 14.3. The molecule has 0 aliphatic carbocycles.